The van der Waals surface area contributed by atoms with E-state index in [1.807, 2.05) is 7.05 Å². The summed E-state index contributed by atoms with van der Waals surface area (Å²) >= 11 is 6.23. The van der Waals surface area contributed by atoms with Crippen LogP contribution in [-0.2, 0) is 14.8 Å². The number of nitrogens with one attached hydrogen (secondary N) is 1. The van der Waals surface area contributed by atoms with E-state index in [1.165, 1.54) is 12.1 Å². The van der Waals surface area contributed by atoms with Crippen molar-refractivity contribution in [3.8, 4) is 0 Å². The largest absolute Gasteiger partial charge is 0.352 e. The molecule has 0 unspecified atom stereocenters. The van der Waals surface area contributed by atoms with E-state index in [2.05, 4.69) is 10.2 Å². The minimum atomic E-state index is -3.93. The third-order valence-corrected chi connectivity index (χ3v) is 7.39. The number of hydrogen-bond donors (Lipinski definition) is 1. The Balaban J connectivity index is 1.89. The number of amides is 1. The van der Waals surface area contributed by atoms with Crippen molar-refractivity contribution in [2.75, 3.05) is 31.0 Å². The fourth-order valence-corrected chi connectivity index (χ4v) is 5.11. The summed E-state index contributed by atoms with van der Waals surface area (Å²) in [6.07, 6.45) is 1.70. The Kier molecular flexibility index (Phi) is 6.82. The van der Waals surface area contributed by atoms with Crippen molar-refractivity contribution in [2.24, 2.45) is 0 Å². The predicted molar refractivity (Wildman–Crippen MR) is 116 cm³/mol. The minimum absolute atomic E-state index is 0.0560. The van der Waals surface area contributed by atoms with Crippen LogP contribution in [0.15, 0.2) is 53.4 Å². The highest BCUT2D eigenvalue weighted by Gasteiger charge is 2.29. The van der Waals surface area contributed by atoms with E-state index < -0.39 is 10.0 Å². The van der Waals surface area contributed by atoms with Crippen LogP contribution in [0.1, 0.15) is 18.4 Å². The molecule has 0 spiro atoms. The molecule has 0 radical (unpaired) electrons. The molecule has 0 atom stereocenters. The number of halogens is 1. The van der Waals surface area contributed by atoms with Gasteiger partial charge in [0.05, 0.1) is 10.6 Å². The second kappa shape index (κ2) is 9.15. The molecule has 1 saturated heterocycles. The first-order chi connectivity index (χ1) is 13.8. The number of carbonyl (C=O) groups excluding carboxylic acids is 1. The first-order valence-corrected chi connectivity index (χ1v) is 11.4. The summed E-state index contributed by atoms with van der Waals surface area (Å²) < 4.78 is 27.9. The summed E-state index contributed by atoms with van der Waals surface area (Å²) in [6, 6.07) is 13.2. The Hall–Kier alpha value is -2.09. The molecule has 1 aliphatic heterocycles. The fraction of sp³-hybridized carbons (Fsp3) is 0.381. The second-order valence-corrected chi connectivity index (χ2v) is 9.62. The molecule has 0 aliphatic carbocycles. The molecule has 1 aliphatic rings. The van der Waals surface area contributed by atoms with Gasteiger partial charge in [-0.2, -0.15) is 0 Å². The molecule has 1 amide bonds. The predicted octanol–water partition coefficient (Wildman–Crippen LogP) is 3.05. The van der Waals surface area contributed by atoms with Crippen LogP contribution in [0.5, 0.6) is 0 Å². The summed E-state index contributed by atoms with van der Waals surface area (Å²) in [5, 5.41) is 3.44. The van der Waals surface area contributed by atoms with Crippen LogP contribution < -0.4 is 9.62 Å². The Morgan fingerprint density at radius 1 is 1.14 bits per heavy atom. The van der Waals surface area contributed by atoms with Crippen LogP contribution in [0, 0.1) is 6.92 Å². The third-order valence-electron chi connectivity index (χ3n) is 5.21. The van der Waals surface area contributed by atoms with Gasteiger partial charge in [0.1, 0.15) is 6.54 Å². The smallest absolute Gasteiger partial charge is 0.264 e. The molecule has 1 heterocycles. The van der Waals surface area contributed by atoms with E-state index in [1.54, 1.807) is 43.3 Å². The number of sulfonamides is 1. The Morgan fingerprint density at radius 3 is 2.45 bits per heavy atom. The lowest BCUT2D eigenvalue weighted by Gasteiger charge is -2.31. The van der Waals surface area contributed by atoms with Crippen molar-refractivity contribution in [1.29, 1.82) is 0 Å². The van der Waals surface area contributed by atoms with Gasteiger partial charge in [-0.25, -0.2) is 8.42 Å². The van der Waals surface area contributed by atoms with Gasteiger partial charge in [0.2, 0.25) is 5.91 Å². The van der Waals surface area contributed by atoms with Gasteiger partial charge in [0.15, 0.2) is 0 Å². The zero-order valence-corrected chi connectivity index (χ0v) is 18.2. The standard InChI is InChI=1S/C21H26ClN3O3S/c1-16-19(22)9-6-10-20(16)25(29(27,28)18-7-4-3-5-8-18)15-21(26)23-17-11-13-24(2)14-12-17/h3-10,17H,11-15H2,1-2H3,(H,23,26). The average Bonchev–Trinajstić information content (AvgIpc) is 2.71. The highest BCUT2D eigenvalue weighted by molar-refractivity contribution is 7.92. The van der Waals surface area contributed by atoms with Gasteiger partial charge in [-0.15, -0.1) is 0 Å². The zero-order chi connectivity index (χ0) is 21.0. The van der Waals surface area contributed by atoms with E-state index in [0.29, 0.717) is 16.3 Å². The van der Waals surface area contributed by atoms with Gasteiger partial charge >= 0.3 is 0 Å². The number of likely N-dealkylation sites (tertiary alicyclic amines) is 1. The fourth-order valence-electron chi connectivity index (χ4n) is 3.44. The molecule has 1 fully saturated rings. The molecule has 3 rings (SSSR count). The number of anilines is 1. The first kappa shape index (κ1) is 21.6. The number of carbonyl (C=O) groups is 1. The number of piperidine rings is 1. The highest BCUT2D eigenvalue weighted by Crippen LogP contribution is 2.30. The molecule has 29 heavy (non-hydrogen) atoms. The van der Waals surface area contributed by atoms with Gasteiger partial charge in [-0.1, -0.05) is 35.9 Å². The number of nitrogens with zero attached hydrogens (tertiary/aromatic N) is 2. The zero-order valence-electron chi connectivity index (χ0n) is 16.6. The molecule has 2 aromatic carbocycles. The van der Waals surface area contributed by atoms with E-state index in [0.717, 1.165) is 30.2 Å². The van der Waals surface area contributed by atoms with Crippen LogP contribution in [0.3, 0.4) is 0 Å². The van der Waals surface area contributed by atoms with E-state index in [4.69, 9.17) is 11.6 Å². The minimum Gasteiger partial charge on any atom is -0.352 e. The van der Waals surface area contributed by atoms with Crippen LogP contribution in [-0.4, -0.2) is 51.9 Å². The van der Waals surface area contributed by atoms with Gasteiger partial charge in [0.25, 0.3) is 10.0 Å². The molecule has 8 heteroatoms. The molecule has 156 valence electrons. The normalized spacial score (nSPS) is 15.8. The number of benzene rings is 2. The maximum absolute atomic E-state index is 13.4. The summed E-state index contributed by atoms with van der Waals surface area (Å²) in [7, 11) is -1.88. The van der Waals surface area contributed by atoms with Crippen molar-refractivity contribution in [2.45, 2.75) is 30.7 Å². The molecule has 0 aromatic heterocycles. The highest BCUT2D eigenvalue weighted by atomic mass is 35.5. The molecule has 1 N–H and O–H groups in total. The Bertz CT molecular complexity index is 958. The van der Waals surface area contributed by atoms with Crippen LogP contribution in [0.2, 0.25) is 5.02 Å². The molecule has 6 nitrogen and oxygen atoms in total. The van der Waals surface area contributed by atoms with E-state index in [9.17, 15) is 13.2 Å². The number of hydrogen-bond acceptors (Lipinski definition) is 4. The first-order valence-electron chi connectivity index (χ1n) is 9.60. The van der Waals surface area contributed by atoms with Crippen molar-refractivity contribution < 1.29 is 13.2 Å². The molecular formula is C21H26ClN3O3S. The van der Waals surface area contributed by atoms with Crippen molar-refractivity contribution in [1.82, 2.24) is 10.2 Å². The summed E-state index contributed by atoms with van der Waals surface area (Å²) in [5.74, 6) is -0.321. The van der Waals surface area contributed by atoms with E-state index >= 15 is 0 Å². The summed E-state index contributed by atoms with van der Waals surface area (Å²) in [5.41, 5.74) is 1.01. The maximum atomic E-state index is 13.4. The monoisotopic (exact) mass is 435 g/mol. The van der Waals surface area contributed by atoms with Gasteiger partial charge < -0.3 is 10.2 Å². The Morgan fingerprint density at radius 2 is 1.79 bits per heavy atom. The average molecular weight is 436 g/mol. The van der Waals surface area contributed by atoms with Crippen molar-refractivity contribution in [3.63, 3.8) is 0 Å². The maximum Gasteiger partial charge on any atom is 0.264 e. The summed E-state index contributed by atoms with van der Waals surface area (Å²) in [4.78, 5) is 15.1. The van der Waals surface area contributed by atoms with Gasteiger partial charge in [-0.05, 0) is 69.7 Å². The topological polar surface area (TPSA) is 69.7 Å². The van der Waals surface area contributed by atoms with Crippen LogP contribution in [0.25, 0.3) is 0 Å². The SMILES string of the molecule is Cc1c(Cl)cccc1N(CC(=O)NC1CCN(C)CC1)S(=O)(=O)c1ccccc1. The van der Waals surface area contributed by atoms with Crippen molar-refractivity contribution >= 4 is 33.2 Å². The molecule has 2 aromatic rings. The quantitative estimate of drug-likeness (QED) is 0.757. The molecular weight excluding hydrogens is 410 g/mol. The van der Waals surface area contributed by atoms with Crippen molar-refractivity contribution in [3.05, 3.63) is 59.1 Å². The lowest BCUT2D eigenvalue weighted by Crippen LogP contribution is -2.48. The molecule has 0 bridgehead atoms. The molecule has 0 saturated carbocycles. The Labute approximate surface area is 177 Å². The van der Waals surface area contributed by atoms with Crippen LogP contribution in [0.4, 0.5) is 5.69 Å². The van der Waals surface area contributed by atoms with E-state index in [-0.39, 0.29) is 23.4 Å². The van der Waals surface area contributed by atoms with Gasteiger partial charge in [0, 0.05) is 11.1 Å². The number of rotatable bonds is 6. The third kappa shape index (κ3) is 5.10. The lowest BCUT2D eigenvalue weighted by molar-refractivity contribution is -0.120. The lowest BCUT2D eigenvalue weighted by atomic mass is 10.1. The summed E-state index contributed by atoms with van der Waals surface area (Å²) in [6.45, 7) is 3.26. The second-order valence-electron chi connectivity index (χ2n) is 7.35. The van der Waals surface area contributed by atoms with Gasteiger partial charge in [-0.3, -0.25) is 9.10 Å². The van der Waals surface area contributed by atoms with Crippen LogP contribution >= 0.6 is 11.6 Å².